The first-order valence-corrected chi connectivity index (χ1v) is 7.63. The second-order valence-electron chi connectivity index (χ2n) is 3.91. The van der Waals surface area contributed by atoms with Crippen molar-refractivity contribution >= 4 is 28.2 Å². The van der Waals surface area contributed by atoms with Gasteiger partial charge in [-0.15, -0.1) is 12.4 Å². The average Bonchev–Trinajstić information content (AvgIpc) is 2.33. The van der Waals surface area contributed by atoms with Gasteiger partial charge in [0, 0.05) is 24.9 Å². The summed E-state index contributed by atoms with van der Waals surface area (Å²) >= 11 is 0. The van der Waals surface area contributed by atoms with Crippen LogP contribution in [0.1, 0.15) is 17.3 Å². The van der Waals surface area contributed by atoms with Gasteiger partial charge in [-0.1, -0.05) is 13.0 Å². The van der Waals surface area contributed by atoms with Gasteiger partial charge in [-0.2, -0.15) is 0 Å². The van der Waals surface area contributed by atoms with Crippen LogP contribution < -0.4 is 10.6 Å². The third-order valence-corrected chi connectivity index (χ3v) is 3.47. The van der Waals surface area contributed by atoms with E-state index in [1.165, 1.54) is 12.1 Å². The lowest BCUT2D eigenvalue weighted by molar-refractivity contribution is 0.0953. The Labute approximate surface area is 120 Å². The van der Waals surface area contributed by atoms with Gasteiger partial charge < -0.3 is 10.6 Å². The third-order valence-electron chi connectivity index (χ3n) is 2.36. The zero-order valence-corrected chi connectivity index (χ0v) is 12.6. The molecule has 0 aliphatic heterocycles. The van der Waals surface area contributed by atoms with Crippen LogP contribution in [0.25, 0.3) is 0 Å². The maximum atomic E-state index is 11.8. The summed E-state index contributed by atoms with van der Waals surface area (Å²) in [6.07, 6.45) is 1.12. The number of hydrogen-bond acceptors (Lipinski definition) is 4. The molecule has 108 valence electrons. The van der Waals surface area contributed by atoms with Crippen LogP contribution in [0.15, 0.2) is 29.2 Å². The van der Waals surface area contributed by atoms with Gasteiger partial charge >= 0.3 is 0 Å². The highest BCUT2D eigenvalue weighted by molar-refractivity contribution is 7.90. The van der Waals surface area contributed by atoms with Gasteiger partial charge in [0.2, 0.25) is 0 Å². The number of nitrogens with one attached hydrogen (secondary N) is 2. The second-order valence-corrected chi connectivity index (χ2v) is 5.93. The molecular weight excluding hydrogens is 288 g/mol. The lowest BCUT2D eigenvalue weighted by Gasteiger charge is -2.06. The van der Waals surface area contributed by atoms with Crippen molar-refractivity contribution in [2.75, 3.05) is 25.9 Å². The van der Waals surface area contributed by atoms with Crippen LogP contribution in [0, 0.1) is 0 Å². The SMILES string of the molecule is CCNCCNC(=O)c1cccc(S(C)(=O)=O)c1.Cl. The number of halogens is 1. The Balaban J connectivity index is 0.00000324. The number of hydrogen-bond donors (Lipinski definition) is 2. The van der Waals surface area contributed by atoms with Crippen molar-refractivity contribution in [3.05, 3.63) is 29.8 Å². The van der Waals surface area contributed by atoms with E-state index in [2.05, 4.69) is 10.6 Å². The van der Waals surface area contributed by atoms with Crippen LogP contribution in [0.2, 0.25) is 0 Å². The van der Waals surface area contributed by atoms with Crippen molar-refractivity contribution in [3.63, 3.8) is 0 Å². The number of sulfone groups is 1. The molecule has 0 saturated carbocycles. The van der Waals surface area contributed by atoms with Crippen LogP contribution in [0.3, 0.4) is 0 Å². The summed E-state index contributed by atoms with van der Waals surface area (Å²) in [6, 6.07) is 6.02. The summed E-state index contributed by atoms with van der Waals surface area (Å²) in [5.74, 6) is -0.265. The Bertz CT molecular complexity index is 517. The molecule has 2 N–H and O–H groups in total. The fraction of sp³-hybridized carbons (Fsp3) is 0.417. The van der Waals surface area contributed by atoms with Crippen LogP contribution in [0.4, 0.5) is 0 Å². The van der Waals surface area contributed by atoms with E-state index in [0.717, 1.165) is 12.8 Å². The molecule has 1 aromatic rings. The molecule has 1 rings (SSSR count). The highest BCUT2D eigenvalue weighted by Gasteiger charge is 2.10. The minimum Gasteiger partial charge on any atom is -0.351 e. The first kappa shape index (κ1) is 17.9. The normalized spacial score (nSPS) is 10.6. The number of rotatable bonds is 6. The Kier molecular flexibility index (Phi) is 7.66. The molecular formula is C12H19ClN2O3S. The summed E-state index contributed by atoms with van der Waals surface area (Å²) in [4.78, 5) is 11.9. The van der Waals surface area contributed by atoms with Crippen LogP contribution in [0.5, 0.6) is 0 Å². The minimum absolute atomic E-state index is 0. The summed E-state index contributed by atoms with van der Waals surface area (Å²) in [5, 5.41) is 5.80. The van der Waals surface area contributed by atoms with E-state index < -0.39 is 9.84 Å². The molecule has 7 heteroatoms. The Morgan fingerprint density at radius 1 is 1.26 bits per heavy atom. The summed E-state index contributed by atoms with van der Waals surface area (Å²) in [5.41, 5.74) is 0.356. The van der Waals surface area contributed by atoms with Gasteiger partial charge in [0.1, 0.15) is 0 Å². The molecule has 0 atom stereocenters. The predicted molar refractivity (Wildman–Crippen MR) is 77.7 cm³/mol. The number of likely N-dealkylation sites (N-methyl/N-ethyl adjacent to an activating group) is 1. The predicted octanol–water partition coefficient (Wildman–Crippen LogP) is 0.851. The molecule has 5 nitrogen and oxygen atoms in total. The highest BCUT2D eigenvalue weighted by atomic mass is 35.5. The van der Waals surface area contributed by atoms with E-state index >= 15 is 0 Å². The van der Waals surface area contributed by atoms with Crippen LogP contribution in [-0.2, 0) is 9.84 Å². The van der Waals surface area contributed by atoms with Crippen LogP contribution in [-0.4, -0.2) is 40.2 Å². The van der Waals surface area contributed by atoms with Crippen molar-refractivity contribution < 1.29 is 13.2 Å². The summed E-state index contributed by atoms with van der Waals surface area (Å²) in [7, 11) is -3.28. The molecule has 1 aromatic carbocycles. The number of carbonyl (C=O) groups is 1. The van der Waals surface area contributed by atoms with Gasteiger partial charge in [-0.05, 0) is 24.7 Å². The monoisotopic (exact) mass is 306 g/mol. The van der Waals surface area contributed by atoms with Gasteiger partial charge in [-0.25, -0.2) is 8.42 Å². The molecule has 0 radical (unpaired) electrons. The number of benzene rings is 1. The van der Waals surface area contributed by atoms with Gasteiger partial charge in [-0.3, -0.25) is 4.79 Å². The smallest absolute Gasteiger partial charge is 0.251 e. The fourth-order valence-electron chi connectivity index (χ4n) is 1.41. The highest BCUT2D eigenvalue weighted by Crippen LogP contribution is 2.11. The van der Waals surface area contributed by atoms with Crippen molar-refractivity contribution in [2.24, 2.45) is 0 Å². The average molecular weight is 307 g/mol. The molecule has 19 heavy (non-hydrogen) atoms. The van der Waals surface area contributed by atoms with Gasteiger partial charge in [0.05, 0.1) is 4.90 Å². The Morgan fingerprint density at radius 3 is 2.53 bits per heavy atom. The molecule has 0 aliphatic carbocycles. The fourth-order valence-corrected chi connectivity index (χ4v) is 2.08. The Morgan fingerprint density at radius 2 is 1.95 bits per heavy atom. The van der Waals surface area contributed by atoms with Crippen molar-refractivity contribution in [3.8, 4) is 0 Å². The molecule has 0 bridgehead atoms. The molecule has 0 aliphatic rings. The maximum absolute atomic E-state index is 11.8. The number of amides is 1. The quantitative estimate of drug-likeness (QED) is 0.764. The molecule has 1 amide bonds. The lowest BCUT2D eigenvalue weighted by Crippen LogP contribution is -2.31. The topological polar surface area (TPSA) is 75.3 Å². The summed E-state index contributed by atoms with van der Waals surface area (Å²) in [6.45, 7) is 4.03. The molecule has 0 spiro atoms. The van der Waals surface area contributed by atoms with Crippen molar-refractivity contribution in [1.82, 2.24) is 10.6 Å². The molecule has 0 fully saturated rings. The molecule has 0 saturated heterocycles. The first-order chi connectivity index (χ1) is 8.45. The molecule has 0 heterocycles. The van der Waals surface area contributed by atoms with E-state index in [4.69, 9.17) is 0 Å². The third kappa shape index (κ3) is 6.04. The molecule has 0 aromatic heterocycles. The largest absolute Gasteiger partial charge is 0.351 e. The van der Waals surface area contributed by atoms with E-state index in [1.807, 2.05) is 6.92 Å². The summed E-state index contributed by atoms with van der Waals surface area (Å²) < 4.78 is 22.7. The zero-order valence-electron chi connectivity index (χ0n) is 11.0. The van der Waals surface area contributed by atoms with E-state index in [0.29, 0.717) is 18.7 Å². The lowest BCUT2D eigenvalue weighted by atomic mass is 10.2. The van der Waals surface area contributed by atoms with Crippen molar-refractivity contribution in [2.45, 2.75) is 11.8 Å². The Hall–Kier alpha value is -1.11. The second kappa shape index (κ2) is 8.14. The minimum atomic E-state index is -3.28. The van der Waals surface area contributed by atoms with E-state index in [1.54, 1.807) is 12.1 Å². The van der Waals surface area contributed by atoms with E-state index in [-0.39, 0.29) is 23.2 Å². The van der Waals surface area contributed by atoms with Crippen molar-refractivity contribution in [1.29, 1.82) is 0 Å². The van der Waals surface area contributed by atoms with Crippen LogP contribution >= 0.6 is 12.4 Å². The van der Waals surface area contributed by atoms with Gasteiger partial charge in [0.25, 0.3) is 5.91 Å². The maximum Gasteiger partial charge on any atom is 0.251 e. The zero-order chi connectivity index (χ0) is 13.6. The van der Waals surface area contributed by atoms with Gasteiger partial charge in [0.15, 0.2) is 9.84 Å². The number of carbonyl (C=O) groups excluding carboxylic acids is 1. The van der Waals surface area contributed by atoms with E-state index in [9.17, 15) is 13.2 Å². The standard InChI is InChI=1S/C12H18N2O3S.ClH/c1-3-13-7-8-14-12(15)10-5-4-6-11(9-10)18(2,16)17;/h4-6,9,13H,3,7-8H2,1-2H3,(H,14,15);1H. The molecule has 0 unspecified atom stereocenters. The first-order valence-electron chi connectivity index (χ1n) is 5.74.